The number of esters is 2. The van der Waals surface area contributed by atoms with Gasteiger partial charge >= 0.3 is 11.9 Å². The van der Waals surface area contributed by atoms with E-state index in [1.807, 2.05) is 0 Å². The van der Waals surface area contributed by atoms with Gasteiger partial charge in [-0.3, -0.25) is 9.59 Å². The Bertz CT molecular complexity index is 304. The third-order valence-electron chi connectivity index (χ3n) is 3.65. The second kappa shape index (κ2) is 15.8. The summed E-state index contributed by atoms with van der Waals surface area (Å²) in [5, 5.41) is 9.20. The lowest BCUT2D eigenvalue weighted by molar-refractivity contribution is -0.161. The van der Waals surface area contributed by atoms with Crippen molar-refractivity contribution in [3.05, 3.63) is 0 Å². The fourth-order valence-corrected chi connectivity index (χ4v) is 2.20. The minimum absolute atomic E-state index is 0.0645. The smallest absolute Gasteiger partial charge is 0.306 e. The Morgan fingerprint density at radius 1 is 0.826 bits per heavy atom. The van der Waals surface area contributed by atoms with Gasteiger partial charge in [-0.15, -0.1) is 0 Å². The fourth-order valence-electron chi connectivity index (χ4n) is 2.20. The fraction of sp³-hybridized carbons (Fsp3) is 0.889. The molecule has 0 aliphatic heterocycles. The number of aliphatic hydroxyl groups is 1. The van der Waals surface area contributed by atoms with Crippen LogP contribution in [0.5, 0.6) is 0 Å². The molecule has 0 aromatic carbocycles. The largest absolute Gasteiger partial charge is 0.462 e. The first kappa shape index (κ1) is 21.9. The topological polar surface area (TPSA) is 72.8 Å². The van der Waals surface area contributed by atoms with Crippen molar-refractivity contribution in [3.8, 4) is 0 Å². The zero-order valence-electron chi connectivity index (χ0n) is 14.8. The highest BCUT2D eigenvalue weighted by atomic mass is 16.6. The van der Waals surface area contributed by atoms with Crippen LogP contribution in [0, 0.1) is 0 Å². The van der Waals surface area contributed by atoms with Crippen molar-refractivity contribution in [3.63, 3.8) is 0 Å². The van der Waals surface area contributed by atoms with Crippen LogP contribution in [0.15, 0.2) is 0 Å². The number of rotatable bonds is 15. The van der Waals surface area contributed by atoms with E-state index in [1.165, 1.54) is 12.8 Å². The standard InChI is InChI=1S/C18H34O5/c1-3-5-7-9-11-12-17(20)22-15-16(14-19)23-18(21)13-10-8-6-4-2/h16,19H,3-15H2,1-2H3. The highest BCUT2D eigenvalue weighted by Crippen LogP contribution is 2.07. The average molecular weight is 330 g/mol. The number of ether oxygens (including phenoxy) is 2. The predicted octanol–water partition coefficient (Wildman–Crippen LogP) is 3.76. The lowest BCUT2D eigenvalue weighted by atomic mass is 10.1. The van der Waals surface area contributed by atoms with Gasteiger partial charge in [-0.1, -0.05) is 58.8 Å². The number of carbonyl (C=O) groups is 2. The Morgan fingerprint density at radius 3 is 1.91 bits per heavy atom. The quantitative estimate of drug-likeness (QED) is 0.365. The molecule has 5 nitrogen and oxygen atoms in total. The summed E-state index contributed by atoms with van der Waals surface area (Å²) in [4.78, 5) is 23.2. The van der Waals surface area contributed by atoms with E-state index in [1.54, 1.807) is 0 Å². The molecule has 0 saturated carbocycles. The molecule has 0 rings (SSSR count). The van der Waals surface area contributed by atoms with Crippen molar-refractivity contribution in [1.82, 2.24) is 0 Å². The molecule has 1 unspecified atom stereocenters. The van der Waals surface area contributed by atoms with Gasteiger partial charge in [0.2, 0.25) is 0 Å². The molecule has 0 aliphatic carbocycles. The molecular weight excluding hydrogens is 296 g/mol. The average Bonchev–Trinajstić information content (AvgIpc) is 2.55. The van der Waals surface area contributed by atoms with Crippen LogP contribution in [0.25, 0.3) is 0 Å². The number of aliphatic hydroxyl groups excluding tert-OH is 1. The molecule has 0 aromatic rings. The summed E-state index contributed by atoms with van der Waals surface area (Å²) >= 11 is 0. The van der Waals surface area contributed by atoms with Gasteiger partial charge in [0.1, 0.15) is 6.61 Å². The van der Waals surface area contributed by atoms with Crippen molar-refractivity contribution in [2.75, 3.05) is 13.2 Å². The number of unbranched alkanes of at least 4 members (excludes halogenated alkanes) is 7. The van der Waals surface area contributed by atoms with Crippen molar-refractivity contribution in [1.29, 1.82) is 0 Å². The lowest BCUT2D eigenvalue weighted by Gasteiger charge is -2.15. The predicted molar refractivity (Wildman–Crippen MR) is 90.1 cm³/mol. The first-order chi connectivity index (χ1) is 11.1. The van der Waals surface area contributed by atoms with Crippen molar-refractivity contribution < 1.29 is 24.2 Å². The molecule has 0 heterocycles. The van der Waals surface area contributed by atoms with Gasteiger partial charge in [-0.05, 0) is 12.8 Å². The van der Waals surface area contributed by atoms with E-state index in [4.69, 9.17) is 9.47 Å². The van der Waals surface area contributed by atoms with Crippen LogP contribution < -0.4 is 0 Å². The highest BCUT2D eigenvalue weighted by molar-refractivity contribution is 5.70. The maximum atomic E-state index is 11.6. The molecule has 0 amide bonds. The van der Waals surface area contributed by atoms with Gasteiger partial charge in [0, 0.05) is 12.8 Å². The molecule has 0 radical (unpaired) electrons. The number of hydrogen-bond acceptors (Lipinski definition) is 5. The van der Waals surface area contributed by atoms with E-state index in [-0.39, 0.29) is 25.2 Å². The van der Waals surface area contributed by atoms with Crippen LogP contribution in [0.2, 0.25) is 0 Å². The van der Waals surface area contributed by atoms with E-state index in [0.717, 1.165) is 44.9 Å². The summed E-state index contributed by atoms with van der Waals surface area (Å²) in [6.45, 7) is 3.86. The van der Waals surface area contributed by atoms with Gasteiger partial charge in [0.25, 0.3) is 0 Å². The zero-order valence-corrected chi connectivity index (χ0v) is 14.8. The molecule has 0 fully saturated rings. The van der Waals surface area contributed by atoms with Crippen molar-refractivity contribution in [2.24, 2.45) is 0 Å². The number of hydrogen-bond donors (Lipinski definition) is 1. The zero-order chi connectivity index (χ0) is 17.3. The van der Waals surface area contributed by atoms with Gasteiger partial charge in [-0.2, -0.15) is 0 Å². The van der Waals surface area contributed by atoms with Crippen LogP contribution in [0.1, 0.15) is 84.5 Å². The molecule has 5 heteroatoms. The van der Waals surface area contributed by atoms with Crippen LogP contribution in [-0.4, -0.2) is 36.4 Å². The van der Waals surface area contributed by atoms with Crippen LogP contribution >= 0.6 is 0 Å². The Balaban J connectivity index is 3.74. The summed E-state index contributed by atoms with van der Waals surface area (Å²) in [5.41, 5.74) is 0. The maximum absolute atomic E-state index is 11.6. The van der Waals surface area contributed by atoms with Crippen LogP contribution in [-0.2, 0) is 19.1 Å². The molecule has 136 valence electrons. The summed E-state index contributed by atoms with van der Waals surface area (Å²) in [6, 6.07) is 0. The van der Waals surface area contributed by atoms with Gasteiger partial charge in [-0.25, -0.2) is 0 Å². The highest BCUT2D eigenvalue weighted by Gasteiger charge is 2.15. The molecule has 23 heavy (non-hydrogen) atoms. The molecule has 0 aliphatic rings. The summed E-state index contributed by atoms with van der Waals surface area (Å²) in [7, 11) is 0. The molecule has 1 atom stereocenters. The molecule has 0 spiro atoms. The summed E-state index contributed by atoms with van der Waals surface area (Å²) < 4.78 is 10.2. The maximum Gasteiger partial charge on any atom is 0.306 e. The second-order valence-corrected chi connectivity index (χ2v) is 5.95. The third-order valence-corrected chi connectivity index (χ3v) is 3.65. The summed E-state index contributed by atoms with van der Waals surface area (Å²) in [6.07, 6.45) is 9.34. The van der Waals surface area contributed by atoms with Crippen molar-refractivity contribution >= 4 is 11.9 Å². The number of carbonyl (C=O) groups excluding carboxylic acids is 2. The monoisotopic (exact) mass is 330 g/mol. The van der Waals surface area contributed by atoms with Gasteiger partial charge < -0.3 is 14.6 Å². The van der Waals surface area contributed by atoms with E-state index in [2.05, 4.69) is 13.8 Å². The minimum atomic E-state index is -0.752. The Morgan fingerprint density at radius 2 is 1.35 bits per heavy atom. The molecule has 0 saturated heterocycles. The first-order valence-corrected chi connectivity index (χ1v) is 9.09. The van der Waals surface area contributed by atoms with Crippen LogP contribution in [0.3, 0.4) is 0 Å². The Kier molecular flexibility index (Phi) is 15.0. The first-order valence-electron chi connectivity index (χ1n) is 9.09. The SMILES string of the molecule is CCCCCCCC(=O)OCC(CO)OC(=O)CCCCCC. The van der Waals surface area contributed by atoms with Gasteiger partial charge in [0.15, 0.2) is 6.10 Å². The molecular formula is C18H34O5. The van der Waals surface area contributed by atoms with E-state index >= 15 is 0 Å². The molecule has 0 bridgehead atoms. The van der Waals surface area contributed by atoms with Gasteiger partial charge in [0.05, 0.1) is 6.61 Å². The van der Waals surface area contributed by atoms with E-state index < -0.39 is 6.10 Å². The van der Waals surface area contributed by atoms with Crippen LogP contribution in [0.4, 0.5) is 0 Å². The van der Waals surface area contributed by atoms with E-state index in [9.17, 15) is 14.7 Å². The van der Waals surface area contributed by atoms with Crippen molar-refractivity contribution in [2.45, 2.75) is 90.6 Å². The normalized spacial score (nSPS) is 12.0. The Labute approximate surface area is 140 Å². The third kappa shape index (κ3) is 14.2. The lowest BCUT2D eigenvalue weighted by Crippen LogP contribution is -2.28. The van der Waals surface area contributed by atoms with E-state index in [0.29, 0.717) is 12.8 Å². The molecule has 0 aromatic heterocycles. The minimum Gasteiger partial charge on any atom is -0.462 e. The Hall–Kier alpha value is -1.10. The second-order valence-electron chi connectivity index (χ2n) is 5.95. The molecule has 1 N–H and O–H groups in total. The summed E-state index contributed by atoms with van der Waals surface area (Å²) in [5.74, 6) is -0.630.